The molecule has 0 aliphatic rings. The molecule has 1 nitrogen and oxygen atoms in total. The molecule has 0 amide bonds. The van der Waals surface area contributed by atoms with Gasteiger partial charge in [0.25, 0.3) is 0 Å². The van der Waals surface area contributed by atoms with Gasteiger partial charge in [-0.2, -0.15) is 0 Å². The van der Waals surface area contributed by atoms with Crippen molar-refractivity contribution in [2.24, 2.45) is 0 Å². The number of hydrogen-bond acceptors (Lipinski definition) is 1. The minimum atomic E-state index is 0.738. The van der Waals surface area contributed by atoms with Crippen LogP contribution in [0.4, 0.5) is 0 Å². The minimum Gasteiger partial charge on any atom is -0.493 e. The molecule has 0 saturated carbocycles. The molecule has 0 saturated heterocycles. The van der Waals surface area contributed by atoms with Crippen LogP contribution in [0, 0.1) is 3.57 Å². The van der Waals surface area contributed by atoms with E-state index in [1.54, 1.807) is 0 Å². The van der Waals surface area contributed by atoms with Crippen LogP contribution in [-0.2, 0) is 6.42 Å². The number of rotatable bonds is 3. The van der Waals surface area contributed by atoms with Crippen LogP contribution in [0.2, 0.25) is 0 Å². The van der Waals surface area contributed by atoms with Crippen LogP contribution in [0.1, 0.15) is 19.4 Å². The van der Waals surface area contributed by atoms with Gasteiger partial charge in [0.1, 0.15) is 5.75 Å². The third-order valence-corrected chi connectivity index (χ3v) is 2.55. The monoisotopic (exact) mass is 276 g/mol. The fourth-order valence-corrected chi connectivity index (χ4v) is 1.77. The fraction of sp³-hybridized carbons (Fsp3) is 0.400. The number of halogens is 1. The van der Waals surface area contributed by atoms with Gasteiger partial charge < -0.3 is 4.74 Å². The lowest BCUT2D eigenvalue weighted by atomic mass is 10.2. The molecule has 0 unspecified atom stereocenters. The predicted molar refractivity (Wildman–Crippen MR) is 59.7 cm³/mol. The average Bonchev–Trinajstić information content (AvgIpc) is 2.09. The van der Waals surface area contributed by atoms with Crippen LogP contribution in [0.25, 0.3) is 0 Å². The Bertz CT molecular complexity index is 258. The van der Waals surface area contributed by atoms with Crippen molar-refractivity contribution < 1.29 is 4.74 Å². The zero-order valence-electron chi connectivity index (χ0n) is 7.43. The summed E-state index contributed by atoms with van der Waals surface area (Å²) in [6.07, 6.45) is 1.09. The van der Waals surface area contributed by atoms with Gasteiger partial charge in [0.05, 0.1) is 10.2 Å². The van der Waals surface area contributed by atoms with E-state index in [2.05, 4.69) is 41.6 Å². The molecular formula is C10H13IO. The number of hydrogen-bond donors (Lipinski definition) is 0. The molecule has 1 aromatic rings. The Balaban J connectivity index is 2.87. The molecule has 2 heteroatoms. The predicted octanol–water partition coefficient (Wildman–Crippen LogP) is 3.25. The second-order valence-corrected chi connectivity index (χ2v) is 3.71. The van der Waals surface area contributed by atoms with E-state index < -0.39 is 0 Å². The molecule has 0 bridgehead atoms. The highest BCUT2D eigenvalue weighted by Crippen LogP contribution is 2.22. The molecule has 0 heterocycles. The number of benzene rings is 1. The summed E-state index contributed by atoms with van der Waals surface area (Å²) < 4.78 is 6.63. The van der Waals surface area contributed by atoms with Crippen LogP contribution >= 0.6 is 22.6 Å². The van der Waals surface area contributed by atoms with Crippen LogP contribution in [0.3, 0.4) is 0 Å². The first kappa shape index (κ1) is 9.84. The summed E-state index contributed by atoms with van der Waals surface area (Å²) in [4.78, 5) is 0. The van der Waals surface area contributed by atoms with Crippen LogP contribution in [0.15, 0.2) is 18.2 Å². The molecule has 12 heavy (non-hydrogen) atoms. The first-order valence-electron chi connectivity index (χ1n) is 4.19. The summed E-state index contributed by atoms with van der Waals surface area (Å²) in [5.74, 6) is 0.996. The smallest absolute Gasteiger partial charge is 0.132 e. The normalized spacial score (nSPS) is 9.92. The van der Waals surface area contributed by atoms with Crippen LogP contribution in [-0.4, -0.2) is 6.61 Å². The Kier molecular flexibility index (Phi) is 3.85. The lowest BCUT2D eigenvalue weighted by Crippen LogP contribution is -1.94. The van der Waals surface area contributed by atoms with Crippen molar-refractivity contribution in [3.8, 4) is 5.75 Å². The molecule has 0 fully saturated rings. The van der Waals surface area contributed by atoms with Crippen LogP contribution in [0.5, 0.6) is 5.75 Å². The molecule has 0 atom stereocenters. The Labute approximate surface area is 87.3 Å². The van der Waals surface area contributed by atoms with Crippen LogP contribution < -0.4 is 4.74 Å². The highest BCUT2D eigenvalue weighted by molar-refractivity contribution is 14.1. The Hall–Kier alpha value is -0.250. The van der Waals surface area contributed by atoms with Crippen molar-refractivity contribution in [2.75, 3.05) is 6.61 Å². The molecular weight excluding hydrogens is 263 g/mol. The molecule has 0 aromatic heterocycles. The molecule has 1 rings (SSSR count). The van der Waals surface area contributed by atoms with Crippen molar-refractivity contribution in [2.45, 2.75) is 20.3 Å². The van der Waals surface area contributed by atoms with Crippen molar-refractivity contribution in [1.82, 2.24) is 0 Å². The highest BCUT2D eigenvalue weighted by Gasteiger charge is 1.99. The maximum absolute atomic E-state index is 5.43. The molecule has 1 aromatic carbocycles. The standard InChI is InChI=1S/C10H13IO/c1-3-8-5-6-10(12-4-2)9(11)7-8/h5-7H,3-4H2,1-2H3. The van der Waals surface area contributed by atoms with E-state index in [0.29, 0.717) is 0 Å². The zero-order valence-corrected chi connectivity index (χ0v) is 9.59. The summed E-state index contributed by atoms with van der Waals surface area (Å²) in [5, 5.41) is 0. The quantitative estimate of drug-likeness (QED) is 0.770. The van der Waals surface area contributed by atoms with E-state index in [9.17, 15) is 0 Å². The molecule has 0 spiro atoms. The van der Waals surface area contributed by atoms with Gasteiger partial charge in [0.2, 0.25) is 0 Å². The van der Waals surface area contributed by atoms with Gasteiger partial charge in [-0.15, -0.1) is 0 Å². The lowest BCUT2D eigenvalue weighted by Gasteiger charge is -2.06. The Morgan fingerprint density at radius 3 is 2.58 bits per heavy atom. The van der Waals surface area contributed by atoms with Gasteiger partial charge in [-0.05, 0) is 53.6 Å². The largest absolute Gasteiger partial charge is 0.493 e. The van der Waals surface area contributed by atoms with Crippen molar-refractivity contribution in [1.29, 1.82) is 0 Å². The topological polar surface area (TPSA) is 9.23 Å². The lowest BCUT2D eigenvalue weighted by molar-refractivity contribution is 0.338. The maximum Gasteiger partial charge on any atom is 0.132 e. The third-order valence-electron chi connectivity index (χ3n) is 1.70. The summed E-state index contributed by atoms with van der Waals surface area (Å²) in [5.41, 5.74) is 1.36. The van der Waals surface area contributed by atoms with Gasteiger partial charge in [-0.1, -0.05) is 13.0 Å². The van der Waals surface area contributed by atoms with Crippen molar-refractivity contribution >= 4 is 22.6 Å². The van der Waals surface area contributed by atoms with E-state index in [-0.39, 0.29) is 0 Å². The van der Waals surface area contributed by atoms with E-state index in [0.717, 1.165) is 18.8 Å². The summed E-state index contributed by atoms with van der Waals surface area (Å²) in [7, 11) is 0. The summed E-state index contributed by atoms with van der Waals surface area (Å²) in [6, 6.07) is 6.34. The molecule has 0 radical (unpaired) electrons. The second-order valence-electron chi connectivity index (χ2n) is 2.55. The van der Waals surface area contributed by atoms with Gasteiger partial charge in [0, 0.05) is 0 Å². The molecule has 66 valence electrons. The SMILES string of the molecule is CCOc1ccc(CC)cc1I. The number of ether oxygens (including phenoxy) is 1. The molecule has 0 N–H and O–H groups in total. The maximum atomic E-state index is 5.43. The van der Waals surface area contributed by atoms with Gasteiger partial charge in [-0.3, -0.25) is 0 Å². The Morgan fingerprint density at radius 1 is 1.33 bits per heavy atom. The number of aryl methyl sites for hydroxylation is 1. The fourth-order valence-electron chi connectivity index (χ4n) is 1.04. The van der Waals surface area contributed by atoms with E-state index >= 15 is 0 Å². The first-order chi connectivity index (χ1) is 5.77. The second kappa shape index (κ2) is 4.70. The first-order valence-corrected chi connectivity index (χ1v) is 5.27. The van der Waals surface area contributed by atoms with Gasteiger partial charge in [-0.25, -0.2) is 0 Å². The Morgan fingerprint density at radius 2 is 2.08 bits per heavy atom. The van der Waals surface area contributed by atoms with E-state index in [1.807, 2.05) is 13.0 Å². The molecule has 0 aliphatic heterocycles. The van der Waals surface area contributed by atoms with Gasteiger partial charge in [0.15, 0.2) is 0 Å². The zero-order chi connectivity index (χ0) is 8.97. The minimum absolute atomic E-state index is 0.738. The van der Waals surface area contributed by atoms with E-state index in [4.69, 9.17) is 4.74 Å². The summed E-state index contributed by atoms with van der Waals surface area (Å²) in [6.45, 7) is 4.90. The van der Waals surface area contributed by atoms with Crippen molar-refractivity contribution in [3.05, 3.63) is 27.3 Å². The van der Waals surface area contributed by atoms with E-state index in [1.165, 1.54) is 9.13 Å². The third kappa shape index (κ3) is 2.37. The average molecular weight is 276 g/mol. The highest BCUT2D eigenvalue weighted by atomic mass is 127. The summed E-state index contributed by atoms with van der Waals surface area (Å²) >= 11 is 2.31. The van der Waals surface area contributed by atoms with Gasteiger partial charge >= 0.3 is 0 Å². The van der Waals surface area contributed by atoms with Crippen molar-refractivity contribution in [3.63, 3.8) is 0 Å². The molecule has 0 aliphatic carbocycles.